The summed E-state index contributed by atoms with van der Waals surface area (Å²) in [6.07, 6.45) is 1.48. The molecule has 3 rings (SSSR count). The molecule has 0 aliphatic rings. The molecule has 1 aromatic heterocycles. The van der Waals surface area contributed by atoms with E-state index in [1.165, 1.54) is 17.2 Å². The molecule has 0 unspecified atom stereocenters. The van der Waals surface area contributed by atoms with Gasteiger partial charge in [-0.25, -0.2) is 13.8 Å². The summed E-state index contributed by atoms with van der Waals surface area (Å²) in [6, 6.07) is 10.5. The van der Waals surface area contributed by atoms with Crippen LogP contribution in [0.5, 0.6) is 0 Å². The summed E-state index contributed by atoms with van der Waals surface area (Å²) in [5, 5.41) is 19.4. The Morgan fingerprint density at radius 1 is 1.19 bits per heavy atom. The van der Waals surface area contributed by atoms with Crippen LogP contribution in [0.15, 0.2) is 42.6 Å². The van der Waals surface area contributed by atoms with E-state index in [1.54, 1.807) is 25.2 Å². The van der Waals surface area contributed by atoms with Crippen molar-refractivity contribution in [3.8, 4) is 17.2 Å². The fraction of sp³-hybridized carbons (Fsp3) is 0.105. The summed E-state index contributed by atoms with van der Waals surface area (Å²) in [7, 11) is 1.58. The van der Waals surface area contributed by atoms with Gasteiger partial charge in [0, 0.05) is 24.2 Å². The fourth-order valence-corrected chi connectivity index (χ4v) is 2.77. The second-order valence-corrected chi connectivity index (χ2v) is 5.75. The van der Waals surface area contributed by atoms with Gasteiger partial charge in [0.05, 0.1) is 11.6 Å². The van der Waals surface area contributed by atoms with Gasteiger partial charge >= 0.3 is 5.97 Å². The largest absolute Gasteiger partial charge is 0.480 e. The summed E-state index contributed by atoms with van der Waals surface area (Å²) in [6.45, 7) is -0.274. The molecule has 2 aromatic carbocycles. The molecule has 0 radical (unpaired) electrons. The van der Waals surface area contributed by atoms with Crippen molar-refractivity contribution in [3.63, 3.8) is 0 Å². The number of nitriles is 1. The van der Waals surface area contributed by atoms with E-state index < -0.39 is 17.6 Å². The summed E-state index contributed by atoms with van der Waals surface area (Å²) in [4.78, 5) is 16.7. The number of hydrogen-bond donors (Lipinski definition) is 1. The van der Waals surface area contributed by atoms with Crippen LogP contribution in [-0.4, -0.2) is 29.7 Å². The topological polar surface area (TPSA) is 77.2 Å². The molecule has 0 aliphatic heterocycles. The highest BCUT2D eigenvalue weighted by Crippen LogP contribution is 2.34. The normalized spacial score (nSPS) is 10.5. The van der Waals surface area contributed by atoms with Crippen LogP contribution in [-0.2, 0) is 4.79 Å². The highest BCUT2D eigenvalue weighted by atomic mass is 19.2. The summed E-state index contributed by atoms with van der Waals surface area (Å²) in [5.41, 5.74) is 1.36. The average molecular weight is 353 g/mol. The maximum Gasteiger partial charge on any atom is 0.323 e. The minimum absolute atomic E-state index is 0.274. The van der Waals surface area contributed by atoms with Gasteiger partial charge in [0.25, 0.3) is 0 Å². The Balaban J connectivity index is 2.25. The van der Waals surface area contributed by atoms with Crippen molar-refractivity contribution < 1.29 is 18.7 Å². The zero-order valence-electron chi connectivity index (χ0n) is 13.7. The third kappa shape index (κ3) is 3.17. The molecule has 130 valence electrons. The molecule has 7 heteroatoms. The first-order valence-corrected chi connectivity index (χ1v) is 7.62. The zero-order chi connectivity index (χ0) is 18.8. The average Bonchev–Trinajstić information content (AvgIpc) is 2.62. The van der Waals surface area contributed by atoms with Gasteiger partial charge < -0.3 is 10.0 Å². The lowest BCUT2D eigenvalue weighted by Gasteiger charge is -2.19. The number of halogens is 2. The fourth-order valence-electron chi connectivity index (χ4n) is 2.77. The predicted octanol–water partition coefficient (Wildman–Crippen LogP) is 3.57. The van der Waals surface area contributed by atoms with Crippen LogP contribution in [0.1, 0.15) is 5.56 Å². The number of anilines is 1. The number of rotatable bonds is 4. The number of likely N-dealkylation sites (N-methyl/N-ethyl adjacent to an activating group) is 1. The molecule has 5 nitrogen and oxygen atoms in total. The van der Waals surface area contributed by atoms with Gasteiger partial charge in [-0.15, -0.1) is 0 Å². The van der Waals surface area contributed by atoms with Gasteiger partial charge in [-0.05, 0) is 35.2 Å². The molecule has 0 saturated carbocycles. The smallest absolute Gasteiger partial charge is 0.323 e. The van der Waals surface area contributed by atoms with E-state index in [4.69, 9.17) is 10.4 Å². The van der Waals surface area contributed by atoms with Crippen LogP contribution in [0.4, 0.5) is 14.6 Å². The van der Waals surface area contributed by atoms with Crippen LogP contribution in [0.25, 0.3) is 21.9 Å². The Hall–Kier alpha value is -3.53. The zero-order valence-corrected chi connectivity index (χ0v) is 13.7. The second-order valence-electron chi connectivity index (χ2n) is 5.75. The number of benzene rings is 2. The van der Waals surface area contributed by atoms with Crippen LogP contribution >= 0.6 is 0 Å². The minimum Gasteiger partial charge on any atom is -0.480 e. The summed E-state index contributed by atoms with van der Waals surface area (Å²) >= 11 is 0. The third-order valence-corrected chi connectivity index (χ3v) is 3.96. The van der Waals surface area contributed by atoms with Gasteiger partial charge in [-0.3, -0.25) is 4.79 Å². The Morgan fingerprint density at radius 2 is 1.96 bits per heavy atom. The molecule has 0 aliphatic carbocycles. The number of pyridine rings is 1. The lowest BCUT2D eigenvalue weighted by molar-refractivity contribution is -0.135. The van der Waals surface area contributed by atoms with Gasteiger partial charge in [0.1, 0.15) is 12.4 Å². The van der Waals surface area contributed by atoms with E-state index in [0.717, 1.165) is 12.1 Å². The van der Waals surface area contributed by atoms with Crippen molar-refractivity contribution in [1.82, 2.24) is 4.98 Å². The maximum atomic E-state index is 13.6. The van der Waals surface area contributed by atoms with Gasteiger partial charge in [-0.1, -0.05) is 12.1 Å². The molecule has 0 spiro atoms. The first kappa shape index (κ1) is 17.3. The number of aromatic nitrogens is 1. The standard InChI is InChI=1S/C19H13F2N3O2/c1-24(10-18(25)26)19-14-6-11(8-22)2-4-13(14)15(9-23-19)12-3-5-16(20)17(21)7-12/h2-7,9H,10H2,1H3,(H,25,26). The van der Waals surface area contributed by atoms with Gasteiger partial charge in [-0.2, -0.15) is 5.26 Å². The van der Waals surface area contributed by atoms with Crippen LogP contribution in [0, 0.1) is 23.0 Å². The lowest BCUT2D eigenvalue weighted by Crippen LogP contribution is -2.26. The molecule has 0 fully saturated rings. The number of fused-ring (bicyclic) bond motifs is 1. The molecule has 0 atom stereocenters. The van der Waals surface area contributed by atoms with E-state index in [0.29, 0.717) is 33.3 Å². The number of aliphatic carboxylic acids is 1. The monoisotopic (exact) mass is 353 g/mol. The van der Waals surface area contributed by atoms with Crippen LogP contribution in [0.2, 0.25) is 0 Å². The van der Waals surface area contributed by atoms with E-state index in [9.17, 15) is 13.6 Å². The predicted molar refractivity (Wildman–Crippen MR) is 92.7 cm³/mol. The third-order valence-electron chi connectivity index (χ3n) is 3.96. The number of nitrogens with zero attached hydrogens (tertiary/aromatic N) is 3. The molecule has 26 heavy (non-hydrogen) atoms. The number of carboxylic acids is 1. The molecule has 1 heterocycles. The highest BCUT2D eigenvalue weighted by Gasteiger charge is 2.16. The second kappa shape index (κ2) is 6.76. The Morgan fingerprint density at radius 3 is 2.62 bits per heavy atom. The van der Waals surface area contributed by atoms with E-state index >= 15 is 0 Å². The quantitative estimate of drug-likeness (QED) is 0.776. The molecule has 3 aromatic rings. The van der Waals surface area contributed by atoms with Crippen LogP contribution < -0.4 is 4.90 Å². The van der Waals surface area contributed by atoms with Crippen molar-refractivity contribution in [1.29, 1.82) is 5.26 Å². The molecule has 0 amide bonds. The van der Waals surface area contributed by atoms with E-state index in [-0.39, 0.29) is 6.54 Å². The van der Waals surface area contributed by atoms with Crippen LogP contribution in [0.3, 0.4) is 0 Å². The van der Waals surface area contributed by atoms with Crippen molar-refractivity contribution >= 4 is 22.6 Å². The SMILES string of the molecule is CN(CC(=O)O)c1ncc(-c2ccc(F)c(F)c2)c2ccc(C#N)cc12. The van der Waals surface area contributed by atoms with Crippen molar-refractivity contribution in [2.24, 2.45) is 0 Å². The number of carbonyl (C=O) groups is 1. The molecular formula is C19H13F2N3O2. The Bertz CT molecular complexity index is 1060. The van der Waals surface area contributed by atoms with Crippen molar-refractivity contribution in [2.45, 2.75) is 0 Å². The first-order chi connectivity index (χ1) is 12.4. The minimum atomic E-state index is -1.02. The number of carboxylic acid groups (broad SMARTS) is 1. The van der Waals surface area contributed by atoms with Crippen molar-refractivity contribution in [2.75, 3.05) is 18.5 Å². The first-order valence-electron chi connectivity index (χ1n) is 7.62. The summed E-state index contributed by atoms with van der Waals surface area (Å²) in [5.74, 6) is -2.57. The van der Waals surface area contributed by atoms with E-state index in [1.807, 2.05) is 6.07 Å². The van der Waals surface area contributed by atoms with Gasteiger partial charge in [0.15, 0.2) is 11.6 Å². The van der Waals surface area contributed by atoms with E-state index in [2.05, 4.69) is 4.98 Å². The highest BCUT2D eigenvalue weighted by molar-refractivity contribution is 6.02. The molecular weight excluding hydrogens is 340 g/mol. The number of hydrogen-bond acceptors (Lipinski definition) is 4. The summed E-state index contributed by atoms with van der Waals surface area (Å²) < 4.78 is 26.9. The Labute approximate surface area is 147 Å². The lowest BCUT2D eigenvalue weighted by atomic mass is 9.98. The maximum absolute atomic E-state index is 13.6. The Kier molecular flexibility index (Phi) is 4.50. The molecule has 0 saturated heterocycles. The molecule has 0 bridgehead atoms. The van der Waals surface area contributed by atoms with Gasteiger partial charge in [0.2, 0.25) is 0 Å². The molecule has 1 N–H and O–H groups in total. The van der Waals surface area contributed by atoms with Crippen molar-refractivity contribution in [3.05, 3.63) is 59.8 Å².